The van der Waals surface area contributed by atoms with Gasteiger partial charge in [-0.2, -0.15) is 0 Å². The Hall–Kier alpha value is -1.91. The predicted octanol–water partition coefficient (Wildman–Crippen LogP) is 3.12. The zero-order valence-corrected chi connectivity index (χ0v) is 11.3. The number of benzene rings is 2. The molecule has 0 aromatic heterocycles. The van der Waals surface area contributed by atoms with Crippen molar-refractivity contribution in [3.8, 4) is 0 Å². The summed E-state index contributed by atoms with van der Waals surface area (Å²) in [4.78, 5) is 0. The molecule has 1 unspecified atom stereocenters. The van der Waals surface area contributed by atoms with Gasteiger partial charge in [-0.1, -0.05) is 24.3 Å². The molecule has 0 heterocycles. The Morgan fingerprint density at radius 2 is 1.75 bits per heavy atom. The van der Waals surface area contributed by atoms with Gasteiger partial charge in [0.2, 0.25) is 0 Å². The van der Waals surface area contributed by atoms with E-state index < -0.39 is 0 Å². The fourth-order valence-corrected chi connectivity index (χ4v) is 1.99. The molecule has 0 fully saturated rings. The minimum Gasteiger partial charge on any atom is -0.394 e. The molecule has 0 aliphatic heterocycles. The fourth-order valence-electron chi connectivity index (χ4n) is 1.99. The largest absolute Gasteiger partial charge is 0.394 e. The van der Waals surface area contributed by atoms with Crippen LogP contribution < -0.4 is 5.32 Å². The molecular formula is C16H18FNO2. The minimum atomic E-state index is -0.278. The lowest BCUT2D eigenvalue weighted by Gasteiger charge is -2.18. The van der Waals surface area contributed by atoms with Gasteiger partial charge in [-0.3, -0.25) is 0 Å². The maximum atomic E-state index is 12.9. The van der Waals surface area contributed by atoms with Crippen molar-refractivity contribution < 1.29 is 14.2 Å². The molecule has 0 bridgehead atoms. The summed E-state index contributed by atoms with van der Waals surface area (Å²) in [6.45, 7) is 0.524. The summed E-state index contributed by atoms with van der Waals surface area (Å²) in [5, 5.41) is 12.7. The third kappa shape index (κ3) is 3.79. The van der Waals surface area contributed by atoms with Crippen molar-refractivity contribution in [2.75, 3.05) is 19.0 Å². The van der Waals surface area contributed by atoms with Crippen LogP contribution in [0, 0.1) is 5.82 Å². The van der Waals surface area contributed by atoms with Crippen molar-refractivity contribution in [1.29, 1.82) is 0 Å². The van der Waals surface area contributed by atoms with E-state index >= 15 is 0 Å². The van der Waals surface area contributed by atoms with E-state index in [4.69, 9.17) is 4.74 Å². The highest BCUT2D eigenvalue weighted by atomic mass is 19.1. The maximum Gasteiger partial charge on any atom is 0.123 e. The zero-order valence-electron chi connectivity index (χ0n) is 11.3. The first-order valence-electron chi connectivity index (χ1n) is 6.43. The molecule has 2 aromatic carbocycles. The normalized spacial score (nSPS) is 12.2. The van der Waals surface area contributed by atoms with Crippen LogP contribution in [0.3, 0.4) is 0 Å². The lowest BCUT2D eigenvalue weighted by atomic mass is 10.1. The number of hydrogen-bond donors (Lipinski definition) is 2. The monoisotopic (exact) mass is 275 g/mol. The van der Waals surface area contributed by atoms with Gasteiger partial charge in [0.25, 0.3) is 0 Å². The fraction of sp³-hybridized carbons (Fsp3) is 0.250. The molecule has 0 saturated heterocycles. The molecule has 3 nitrogen and oxygen atoms in total. The van der Waals surface area contributed by atoms with Crippen molar-refractivity contribution in [3.63, 3.8) is 0 Å². The van der Waals surface area contributed by atoms with Crippen molar-refractivity contribution in [2.24, 2.45) is 0 Å². The summed E-state index contributed by atoms with van der Waals surface area (Å²) in [5.74, 6) is -0.278. The van der Waals surface area contributed by atoms with E-state index in [0.717, 1.165) is 16.8 Å². The predicted molar refractivity (Wildman–Crippen MR) is 77.0 cm³/mol. The Labute approximate surface area is 118 Å². The van der Waals surface area contributed by atoms with Crippen molar-refractivity contribution in [1.82, 2.24) is 0 Å². The molecule has 20 heavy (non-hydrogen) atoms. The van der Waals surface area contributed by atoms with Gasteiger partial charge in [0.05, 0.1) is 19.3 Å². The number of aliphatic hydroxyl groups is 1. The lowest BCUT2D eigenvalue weighted by molar-refractivity contribution is 0.185. The topological polar surface area (TPSA) is 41.5 Å². The van der Waals surface area contributed by atoms with Crippen LogP contribution in [0.5, 0.6) is 0 Å². The van der Waals surface area contributed by atoms with E-state index in [0.29, 0.717) is 6.61 Å². The second-order valence-corrected chi connectivity index (χ2v) is 4.56. The second kappa shape index (κ2) is 7.03. The summed E-state index contributed by atoms with van der Waals surface area (Å²) >= 11 is 0. The smallest absolute Gasteiger partial charge is 0.123 e. The molecule has 2 rings (SSSR count). The van der Waals surface area contributed by atoms with Gasteiger partial charge in [-0.15, -0.1) is 0 Å². The van der Waals surface area contributed by atoms with Crippen LogP contribution in [0.25, 0.3) is 0 Å². The van der Waals surface area contributed by atoms with Crippen LogP contribution in [0.1, 0.15) is 17.2 Å². The van der Waals surface area contributed by atoms with Gasteiger partial charge in [0.15, 0.2) is 0 Å². The van der Waals surface area contributed by atoms with Gasteiger partial charge in [0.1, 0.15) is 5.82 Å². The molecule has 4 heteroatoms. The molecular weight excluding hydrogens is 257 g/mol. The number of anilines is 1. The van der Waals surface area contributed by atoms with Crippen LogP contribution in [0.15, 0.2) is 48.5 Å². The first-order chi connectivity index (χ1) is 9.72. The zero-order chi connectivity index (χ0) is 14.4. The minimum absolute atomic E-state index is 0.0407. The number of methoxy groups -OCH3 is 1. The molecule has 0 spiro atoms. The average molecular weight is 275 g/mol. The van der Waals surface area contributed by atoms with Crippen LogP contribution in [0.2, 0.25) is 0 Å². The van der Waals surface area contributed by atoms with E-state index in [1.807, 2.05) is 24.3 Å². The average Bonchev–Trinajstić information content (AvgIpc) is 2.48. The summed E-state index contributed by atoms with van der Waals surface area (Å²) in [5.41, 5.74) is 2.82. The summed E-state index contributed by atoms with van der Waals surface area (Å²) in [6, 6.07) is 13.7. The molecule has 2 aromatic rings. The van der Waals surface area contributed by atoms with Crippen molar-refractivity contribution in [3.05, 3.63) is 65.5 Å². The maximum absolute atomic E-state index is 12.9. The van der Waals surface area contributed by atoms with E-state index in [-0.39, 0.29) is 18.5 Å². The van der Waals surface area contributed by atoms with Crippen LogP contribution in [-0.4, -0.2) is 18.8 Å². The van der Waals surface area contributed by atoms with E-state index in [1.54, 1.807) is 19.2 Å². The third-order valence-electron chi connectivity index (χ3n) is 3.06. The Balaban J connectivity index is 2.09. The van der Waals surface area contributed by atoms with Gasteiger partial charge in [-0.25, -0.2) is 4.39 Å². The Morgan fingerprint density at radius 1 is 1.10 bits per heavy atom. The number of halogens is 1. The lowest BCUT2D eigenvalue weighted by Crippen LogP contribution is -2.14. The first kappa shape index (κ1) is 14.5. The molecule has 0 aliphatic carbocycles. The van der Waals surface area contributed by atoms with E-state index in [2.05, 4.69) is 5.32 Å². The standard InChI is InChI=1S/C16H18FNO2/c1-20-11-12-2-4-13(5-3-12)16(10-19)18-15-8-6-14(17)7-9-15/h2-9,16,18-19H,10-11H2,1H3. The molecule has 0 radical (unpaired) electrons. The molecule has 0 aliphatic rings. The third-order valence-corrected chi connectivity index (χ3v) is 3.06. The van der Waals surface area contributed by atoms with Gasteiger partial charge >= 0.3 is 0 Å². The van der Waals surface area contributed by atoms with Crippen molar-refractivity contribution in [2.45, 2.75) is 12.6 Å². The highest BCUT2D eigenvalue weighted by Crippen LogP contribution is 2.20. The van der Waals surface area contributed by atoms with Crippen LogP contribution in [-0.2, 0) is 11.3 Å². The highest BCUT2D eigenvalue weighted by molar-refractivity contribution is 5.45. The number of aliphatic hydroxyl groups excluding tert-OH is 1. The summed E-state index contributed by atoms with van der Waals surface area (Å²) in [6.07, 6.45) is 0. The van der Waals surface area contributed by atoms with Crippen molar-refractivity contribution >= 4 is 5.69 Å². The number of rotatable bonds is 6. The Bertz CT molecular complexity index is 525. The molecule has 0 amide bonds. The molecule has 1 atom stereocenters. The summed E-state index contributed by atoms with van der Waals surface area (Å²) < 4.78 is 17.9. The second-order valence-electron chi connectivity index (χ2n) is 4.56. The first-order valence-corrected chi connectivity index (χ1v) is 6.43. The van der Waals surface area contributed by atoms with Crippen LogP contribution >= 0.6 is 0 Å². The van der Waals surface area contributed by atoms with Gasteiger partial charge in [0, 0.05) is 12.8 Å². The molecule has 0 saturated carbocycles. The van der Waals surface area contributed by atoms with Crippen LogP contribution in [0.4, 0.5) is 10.1 Å². The highest BCUT2D eigenvalue weighted by Gasteiger charge is 2.10. The SMILES string of the molecule is COCc1ccc(C(CO)Nc2ccc(F)cc2)cc1. The quantitative estimate of drug-likeness (QED) is 0.851. The summed E-state index contributed by atoms with van der Waals surface area (Å²) in [7, 11) is 1.65. The molecule has 2 N–H and O–H groups in total. The van der Waals surface area contributed by atoms with E-state index in [9.17, 15) is 9.50 Å². The van der Waals surface area contributed by atoms with Gasteiger partial charge in [-0.05, 0) is 35.4 Å². The number of nitrogens with one attached hydrogen (secondary N) is 1. The Kier molecular flexibility index (Phi) is 5.09. The Morgan fingerprint density at radius 3 is 2.30 bits per heavy atom. The number of hydrogen-bond acceptors (Lipinski definition) is 3. The molecule has 106 valence electrons. The van der Waals surface area contributed by atoms with Gasteiger partial charge < -0.3 is 15.2 Å². The number of ether oxygens (including phenoxy) is 1. The van der Waals surface area contributed by atoms with E-state index in [1.165, 1.54) is 12.1 Å².